The molecule has 1 heterocycles. The second-order valence-corrected chi connectivity index (χ2v) is 6.16. The van der Waals surface area contributed by atoms with E-state index in [1.807, 2.05) is 30.3 Å². The molecular weight excluding hydrogens is 338 g/mol. The quantitative estimate of drug-likeness (QED) is 0.566. The number of carboxylic acid groups (broad SMARTS) is 1. The van der Waals surface area contributed by atoms with Crippen LogP contribution in [0.25, 0.3) is 0 Å². The lowest BCUT2D eigenvalue weighted by atomic mass is 10.0. The number of benzene rings is 1. The second kappa shape index (κ2) is 9.55. The number of carbonyl (C=O) groups is 4. The third-order valence-electron chi connectivity index (χ3n) is 4.14. The van der Waals surface area contributed by atoms with Crippen molar-refractivity contribution in [2.45, 2.75) is 38.1 Å². The molecule has 1 fully saturated rings. The number of rotatable bonds is 9. The average Bonchev–Trinajstić information content (AvgIpc) is 2.92. The summed E-state index contributed by atoms with van der Waals surface area (Å²) in [6.45, 7) is 0.296. The van der Waals surface area contributed by atoms with Crippen molar-refractivity contribution in [3.63, 3.8) is 0 Å². The van der Waals surface area contributed by atoms with Crippen LogP contribution in [0.5, 0.6) is 0 Å². The highest BCUT2D eigenvalue weighted by atomic mass is 16.4. The SMILES string of the molecule is O=C(O)CCC(Cc1ccccc1)NC(=O)NCCN1C(=O)CCC1=O. The molecule has 1 aromatic rings. The Bertz CT molecular complexity index is 646. The van der Waals surface area contributed by atoms with Crippen LogP contribution in [0.4, 0.5) is 4.79 Å². The molecule has 26 heavy (non-hydrogen) atoms. The number of hydrogen-bond donors (Lipinski definition) is 3. The van der Waals surface area contributed by atoms with Gasteiger partial charge in [-0.15, -0.1) is 0 Å². The molecule has 1 atom stereocenters. The van der Waals surface area contributed by atoms with Gasteiger partial charge in [0.25, 0.3) is 0 Å². The van der Waals surface area contributed by atoms with Gasteiger partial charge in [0.05, 0.1) is 0 Å². The zero-order valence-electron chi connectivity index (χ0n) is 14.4. The van der Waals surface area contributed by atoms with E-state index in [-0.39, 0.29) is 50.2 Å². The molecule has 0 spiro atoms. The average molecular weight is 361 g/mol. The fraction of sp³-hybridized carbons (Fsp3) is 0.444. The molecule has 8 heteroatoms. The first-order chi connectivity index (χ1) is 12.5. The minimum Gasteiger partial charge on any atom is -0.481 e. The van der Waals surface area contributed by atoms with Crippen LogP contribution < -0.4 is 10.6 Å². The first kappa shape index (κ1) is 19.4. The summed E-state index contributed by atoms with van der Waals surface area (Å²) >= 11 is 0. The van der Waals surface area contributed by atoms with Crippen molar-refractivity contribution in [3.05, 3.63) is 35.9 Å². The van der Waals surface area contributed by atoms with E-state index < -0.39 is 12.0 Å². The van der Waals surface area contributed by atoms with Crippen LogP contribution in [0.15, 0.2) is 30.3 Å². The van der Waals surface area contributed by atoms with Gasteiger partial charge >= 0.3 is 12.0 Å². The Hall–Kier alpha value is -2.90. The fourth-order valence-electron chi connectivity index (χ4n) is 2.81. The van der Waals surface area contributed by atoms with Gasteiger partial charge in [0.15, 0.2) is 0 Å². The molecule has 8 nitrogen and oxygen atoms in total. The van der Waals surface area contributed by atoms with Gasteiger partial charge < -0.3 is 15.7 Å². The van der Waals surface area contributed by atoms with Crippen LogP contribution in [-0.2, 0) is 20.8 Å². The van der Waals surface area contributed by atoms with E-state index in [0.717, 1.165) is 10.5 Å². The summed E-state index contributed by atoms with van der Waals surface area (Å²) in [5.74, 6) is -1.36. The zero-order chi connectivity index (χ0) is 18.9. The molecule has 3 N–H and O–H groups in total. The lowest BCUT2D eigenvalue weighted by Gasteiger charge is -2.19. The van der Waals surface area contributed by atoms with Gasteiger partial charge in [-0.1, -0.05) is 30.3 Å². The number of imide groups is 1. The number of carboxylic acids is 1. The van der Waals surface area contributed by atoms with Crippen molar-refractivity contribution >= 4 is 23.8 Å². The zero-order valence-corrected chi connectivity index (χ0v) is 14.4. The van der Waals surface area contributed by atoms with Gasteiger partial charge in [0.1, 0.15) is 0 Å². The Labute approximate surface area is 151 Å². The Balaban J connectivity index is 1.81. The molecule has 1 aliphatic rings. The van der Waals surface area contributed by atoms with Crippen LogP contribution >= 0.6 is 0 Å². The number of likely N-dealkylation sites (tertiary alicyclic amines) is 1. The van der Waals surface area contributed by atoms with Crippen molar-refractivity contribution in [1.82, 2.24) is 15.5 Å². The van der Waals surface area contributed by atoms with E-state index in [4.69, 9.17) is 5.11 Å². The van der Waals surface area contributed by atoms with E-state index in [2.05, 4.69) is 10.6 Å². The molecule has 140 valence electrons. The summed E-state index contributed by atoms with van der Waals surface area (Å²) in [7, 11) is 0. The van der Waals surface area contributed by atoms with Gasteiger partial charge in [0, 0.05) is 38.4 Å². The molecule has 0 radical (unpaired) electrons. The first-order valence-electron chi connectivity index (χ1n) is 8.59. The third kappa shape index (κ3) is 6.19. The Kier molecular flexibility index (Phi) is 7.13. The van der Waals surface area contributed by atoms with Crippen molar-refractivity contribution in [3.8, 4) is 0 Å². The molecule has 0 aliphatic carbocycles. The number of urea groups is 1. The maximum atomic E-state index is 12.1. The Morgan fingerprint density at radius 1 is 1.12 bits per heavy atom. The highest BCUT2D eigenvalue weighted by Crippen LogP contribution is 2.10. The molecule has 0 bridgehead atoms. The van der Waals surface area contributed by atoms with E-state index >= 15 is 0 Å². The normalized spacial score (nSPS) is 15.0. The second-order valence-electron chi connectivity index (χ2n) is 6.16. The standard InChI is InChI=1S/C18H23N3O5/c22-15-7-8-16(23)21(15)11-10-19-18(26)20-14(6-9-17(24)25)12-13-4-2-1-3-5-13/h1-5,14H,6-12H2,(H,24,25)(H2,19,20,26). The monoisotopic (exact) mass is 361 g/mol. The van der Waals surface area contributed by atoms with Gasteiger partial charge in [-0.2, -0.15) is 0 Å². The predicted octanol–water partition coefficient (Wildman–Crippen LogP) is 0.911. The highest BCUT2D eigenvalue weighted by molar-refractivity contribution is 6.01. The maximum absolute atomic E-state index is 12.1. The summed E-state index contributed by atoms with van der Waals surface area (Å²) in [4.78, 5) is 47.1. The van der Waals surface area contributed by atoms with E-state index in [1.54, 1.807) is 0 Å². The van der Waals surface area contributed by atoms with Gasteiger partial charge in [-0.05, 0) is 18.4 Å². The molecule has 0 aromatic heterocycles. The predicted molar refractivity (Wildman–Crippen MR) is 93.3 cm³/mol. The van der Waals surface area contributed by atoms with Crippen LogP contribution in [0.2, 0.25) is 0 Å². The smallest absolute Gasteiger partial charge is 0.315 e. The molecule has 4 amide bonds. The first-order valence-corrected chi connectivity index (χ1v) is 8.59. The fourth-order valence-corrected chi connectivity index (χ4v) is 2.81. The molecule has 2 rings (SSSR count). The summed E-state index contributed by atoms with van der Waals surface area (Å²) in [5, 5.41) is 14.3. The van der Waals surface area contributed by atoms with Gasteiger partial charge in [-0.3, -0.25) is 19.3 Å². The van der Waals surface area contributed by atoms with E-state index in [9.17, 15) is 19.2 Å². The van der Waals surface area contributed by atoms with E-state index in [1.165, 1.54) is 0 Å². The van der Waals surface area contributed by atoms with Crippen LogP contribution in [-0.4, -0.2) is 53.0 Å². The van der Waals surface area contributed by atoms with Crippen molar-refractivity contribution in [1.29, 1.82) is 0 Å². The van der Waals surface area contributed by atoms with Gasteiger partial charge in [-0.25, -0.2) is 4.79 Å². The topological polar surface area (TPSA) is 116 Å². The summed E-state index contributed by atoms with van der Waals surface area (Å²) < 4.78 is 0. The number of hydrogen-bond acceptors (Lipinski definition) is 4. The lowest BCUT2D eigenvalue weighted by molar-refractivity contribution is -0.139. The lowest BCUT2D eigenvalue weighted by Crippen LogP contribution is -2.46. The number of carbonyl (C=O) groups excluding carboxylic acids is 3. The van der Waals surface area contributed by atoms with Crippen molar-refractivity contribution in [2.75, 3.05) is 13.1 Å². The molecule has 1 unspecified atom stereocenters. The summed E-state index contributed by atoms with van der Waals surface area (Å²) in [6.07, 6.45) is 1.22. The van der Waals surface area contributed by atoms with Gasteiger partial charge in [0.2, 0.25) is 11.8 Å². The molecule has 1 aromatic carbocycles. The highest BCUT2D eigenvalue weighted by Gasteiger charge is 2.28. The molecule has 1 aliphatic heterocycles. The molecular formula is C18H23N3O5. The summed E-state index contributed by atoms with van der Waals surface area (Å²) in [6, 6.07) is 8.70. The van der Waals surface area contributed by atoms with E-state index in [0.29, 0.717) is 12.8 Å². The van der Waals surface area contributed by atoms with Crippen molar-refractivity contribution in [2.24, 2.45) is 0 Å². The minimum atomic E-state index is -0.920. The number of amides is 4. The van der Waals surface area contributed by atoms with Crippen LogP contribution in [0, 0.1) is 0 Å². The Morgan fingerprint density at radius 3 is 2.38 bits per heavy atom. The number of nitrogens with one attached hydrogen (secondary N) is 2. The largest absolute Gasteiger partial charge is 0.481 e. The molecule has 1 saturated heterocycles. The molecule has 0 saturated carbocycles. The van der Waals surface area contributed by atoms with Crippen LogP contribution in [0.3, 0.4) is 0 Å². The third-order valence-corrected chi connectivity index (χ3v) is 4.14. The maximum Gasteiger partial charge on any atom is 0.315 e. The van der Waals surface area contributed by atoms with Crippen LogP contribution in [0.1, 0.15) is 31.2 Å². The minimum absolute atomic E-state index is 0.0471. The van der Waals surface area contributed by atoms with Crippen molar-refractivity contribution < 1.29 is 24.3 Å². The number of aliphatic carboxylic acids is 1. The number of nitrogens with zero attached hydrogens (tertiary/aromatic N) is 1. The Morgan fingerprint density at radius 2 is 1.77 bits per heavy atom. The summed E-state index contributed by atoms with van der Waals surface area (Å²) in [5.41, 5.74) is 0.997.